The fourth-order valence-electron chi connectivity index (χ4n) is 2.76. The number of nitrogens with zero attached hydrogens (tertiary/aromatic N) is 1. The Kier molecular flexibility index (Phi) is 5.61. The summed E-state index contributed by atoms with van der Waals surface area (Å²) in [6.07, 6.45) is 0.677. The Balaban J connectivity index is 1.93. The second-order valence-corrected chi connectivity index (χ2v) is 7.54. The van der Waals surface area contributed by atoms with E-state index in [2.05, 4.69) is 6.07 Å². The van der Waals surface area contributed by atoms with Crippen LogP contribution in [0.25, 0.3) is 0 Å². The zero-order valence-corrected chi connectivity index (χ0v) is 13.7. The highest BCUT2D eigenvalue weighted by Gasteiger charge is 2.28. The van der Waals surface area contributed by atoms with Gasteiger partial charge >= 0.3 is 0 Å². The number of piperazine rings is 1. The monoisotopic (exact) mass is 313 g/mol. The molecular weight excluding hydrogens is 288 g/mol. The van der Waals surface area contributed by atoms with E-state index in [-0.39, 0.29) is 5.75 Å². The molecule has 118 valence electrons. The Bertz CT molecular complexity index is 552. The van der Waals surface area contributed by atoms with Crippen LogP contribution in [0.15, 0.2) is 24.3 Å². The molecular formula is C15H25N2O3S+. The summed E-state index contributed by atoms with van der Waals surface area (Å²) in [5, 5.41) is 0. The number of benzene rings is 1. The summed E-state index contributed by atoms with van der Waals surface area (Å²) < 4.78 is 31.1. The van der Waals surface area contributed by atoms with E-state index in [1.165, 1.54) is 10.5 Å². The Labute approximate surface area is 127 Å². The lowest BCUT2D eigenvalue weighted by molar-refractivity contribution is -0.917. The summed E-state index contributed by atoms with van der Waals surface area (Å²) in [6, 6.07) is 8.02. The van der Waals surface area contributed by atoms with Gasteiger partial charge in [0, 0.05) is 5.56 Å². The van der Waals surface area contributed by atoms with E-state index in [0.29, 0.717) is 19.5 Å². The number of hydrogen-bond donors (Lipinski definition) is 1. The van der Waals surface area contributed by atoms with Crippen molar-refractivity contribution in [2.75, 3.05) is 39.0 Å². The van der Waals surface area contributed by atoms with Crippen LogP contribution in [0.5, 0.6) is 5.75 Å². The minimum atomic E-state index is -3.05. The van der Waals surface area contributed by atoms with Gasteiger partial charge < -0.3 is 9.64 Å². The van der Waals surface area contributed by atoms with E-state index < -0.39 is 10.0 Å². The predicted octanol–water partition coefficient (Wildman–Crippen LogP) is 0.136. The van der Waals surface area contributed by atoms with Crippen molar-refractivity contribution in [3.05, 3.63) is 29.8 Å². The molecule has 1 aromatic carbocycles. The molecule has 1 N–H and O–H groups in total. The summed E-state index contributed by atoms with van der Waals surface area (Å²) in [6.45, 7) is 5.72. The molecule has 0 unspecified atom stereocenters. The topological polar surface area (TPSA) is 51.0 Å². The van der Waals surface area contributed by atoms with E-state index in [9.17, 15) is 8.42 Å². The molecule has 6 heteroatoms. The van der Waals surface area contributed by atoms with Crippen LogP contribution in [0, 0.1) is 0 Å². The molecule has 0 atom stereocenters. The first-order valence-electron chi connectivity index (χ1n) is 7.50. The lowest BCUT2D eigenvalue weighted by atomic mass is 10.2. The van der Waals surface area contributed by atoms with Crippen LogP contribution >= 0.6 is 0 Å². The largest absolute Gasteiger partial charge is 0.496 e. The molecule has 0 aliphatic carbocycles. The Morgan fingerprint density at radius 1 is 1.24 bits per heavy atom. The molecule has 1 aromatic rings. The van der Waals surface area contributed by atoms with Gasteiger partial charge in [0.15, 0.2) is 0 Å². The van der Waals surface area contributed by atoms with Gasteiger partial charge in [0.25, 0.3) is 0 Å². The molecule has 0 radical (unpaired) electrons. The summed E-state index contributed by atoms with van der Waals surface area (Å²) in [5.41, 5.74) is 1.18. The van der Waals surface area contributed by atoms with Gasteiger partial charge in [-0.3, -0.25) is 0 Å². The number of ether oxygens (including phenoxy) is 1. The number of nitrogens with one attached hydrogen (secondary N) is 1. The van der Waals surface area contributed by atoms with E-state index in [4.69, 9.17) is 4.74 Å². The number of hydrogen-bond acceptors (Lipinski definition) is 3. The van der Waals surface area contributed by atoms with Crippen LogP contribution in [0.4, 0.5) is 0 Å². The lowest BCUT2D eigenvalue weighted by Crippen LogP contribution is -3.13. The summed E-state index contributed by atoms with van der Waals surface area (Å²) in [5.74, 6) is 1.17. The van der Waals surface area contributed by atoms with Crippen LogP contribution in [0.3, 0.4) is 0 Å². The van der Waals surface area contributed by atoms with Crippen molar-refractivity contribution in [2.24, 2.45) is 0 Å². The zero-order valence-electron chi connectivity index (χ0n) is 12.8. The number of rotatable bonds is 6. The molecule has 5 nitrogen and oxygen atoms in total. The molecule has 1 heterocycles. The van der Waals surface area contributed by atoms with Crippen molar-refractivity contribution < 1.29 is 18.1 Å². The average molecular weight is 313 g/mol. The van der Waals surface area contributed by atoms with Crippen molar-refractivity contribution in [1.29, 1.82) is 0 Å². The van der Waals surface area contributed by atoms with Crippen LogP contribution in [-0.2, 0) is 16.6 Å². The number of methoxy groups -OCH3 is 1. The molecule has 0 aromatic heterocycles. The van der Waals surface area contributed by atoms with Gasteiger partial charge in [-0.05, 0) is 18.6 Å². The van der Waals surface area contributed by atoms with Gasteiger partial charge in [0.05, 0.1) is 39.0 Å². The van der Waals surface area contributed by atoms with Crippen LogP contribution in [0.1, 0.15) is 18.9 Å². The lowest BCUT2D eigenvalue weighted by Gasteiger charge is -2.31. The Morgan fingerprint density at radius 2 is 1.90 bits per heavy atom. The first kappa shape index (κ1) is 16.3. The quantitative estimate of drug-likeness (QED) is 0.812. The van der Waals surface area contributed by atoms with E-state index in [1.807, 2.05) is 25.1 Å². The highest BCUT2D eigenvalue weighted by atomic mass is 32.2. The van der Waals surface area contributed by atoms with E-state index in [0.717, 1.165) is 25.4 Å². The normalized spacial score (nSPS) is 17.8. The number of quaternary nitrogens is 1. The highest BCUT2D eigenvalue weighted by Crippen LogP contribution is 2.16. The fraction of sp³-hybridized carbons (Fsp3) is 0.600. The highest BCUT2D eigenvalue weighted by molar-refractivity contribution is 7.89. The molecule has 1 aliphatic rings. The van der Waals surface area contributed by atoms with Gasteiger partial charge in [-0.25, -0.2) is 8.42 Å². The Hall–Kier alpha value is -1.11. The molecule has 0 amide bonds. The SMILES string of the molecule is CCCS(=O)(=O)N1CC[NH+](Cc2ccccc2OC)CC1. The number of para-hydroxylation sites is 1. The summed E-state index contributed by atoms with van der Waals surface area (Å²) in [7, 11) is -1.36. The van der Waals surface area contributed by atoms with Crippen molar-refractivity contribution in [3.63, 3.8) is 0 Å². The van der Waals surface area contributed by atoms with E-state index in [1.54, 1.807) is 11.4 Å². The first-order chi connectivity index (χ1) is 10.1. The van der Waals surface area contributed by atoms with Crippen molar-refractivity contribution in [2.45, 2.75) is 19.9 Å². The summed E-state index contributed by atoms with van der Waals surface area (Å²) in [4.78, 5) is 1.41. The zero-order chi connectivity index (χ0) is 15.3. The minimum absolute atomic E-state index is 0.259. The summed E-state index contributed by atoms with van der Waals surface area (Å²) >= 11 is 0. The van der Waals surface area contributed by atoms with Gasteiger partial charge in [-0.1, -0.05) is 19.1 Å². The fourth-order valence-corrected chi connectivity index (χ4v) is 4.28. The standard InChI is InChI=1S/C15H24N2O3S/c1-3-12-21(18,19)17-10-8-16(9-11-17)13-14-6-4-5-7-15(14)20-2/h4-7H,3,8-13H2,1-2H3/p+1. The third kappa shape index (κ3) is 4.18. The molecule has 2 rings (SSSR count). The first-order valence-corrected chi connectivity index (χ1v) is 9.11. The van der Waals surface area contributed by atoms with Gasteiger partial charge in [0.2, 0.25) is 10.0 Å². The van der Waals surface area contributed by atoms with Crippen LogP contribution in [-0.4, -0.2) is 51.8 Å². The third-order valence-corrected chi connectivity index (χ3v) is 5.99. The maximum Gasteiger partial charge on any atom is 0.214 e. The molecule has 0 spiro atoms. The van der Waals surface area contributed by atoms with Gasteiger partial charge in [0.1, 0.15) is 12.3 Å². The second-order valence-electron chi connectivity index (χ2n) is 5.45. The van der Waals surface area contributed by atoms with Crippen molar-refractivity contribution >= 4 is 10.0 Å². The van der Waals surface area contributed by atoms with Gasteiger partial charge in [-0.2, -0.15) is 4.31 Å². The molecule has 0 bridgehead atoms. The van der Waals surface area contributed by atoms with Crippen molar-refractivity contribution in [3.8, 4) is 5.75 Å². The minimum Gasteiger partial charge on any atom is -0.496 e. The second kappa shape index (κ2) is 7.24. The smallest absolute Gasteiger partial charge is 0.214 e. The van der Waals surface area contributed by atoms with E-state index >= 15 is 0 Å². The molecule has 1 aliphatic heterocycles. The molecule has 1 fully saturated rings. The average Bonchev–Trinajstić information content (AvgIpc) is 2.48. The molecule has 1 saturated heterocycles. The third-order valence-electron chi connectivity index (χ3n) is 3.92. The predicted molar refractivity (Wildman–Crippen MR) is 83.0 cm³/mol. The van der Waals surface area contributed by atoms with Crippen LogP contribution < -0.4 is 9.64 Å². The van der Waals surface area contributed by atoms with Crippen molar-refractivity contribution in [1.82, 2.24) is 4.31 Å². The van der Waals surface area contributed by atoms with Gasteiger partial charge in [-0.15, -0.1) is 0 Å². The Morgan fingerprint density at radius 3 is 2.52 bits per heavy atom. The van der Waals surface area contributed by atoms with Crippen LogP contribution in [0.2, 0.25) is 0 Å². The number of sulfonamides is 1. The maximum atomic E-state index is 12.0. The molecule has 21 heavy (non-hydrogen) atoms. The maximum absolute atomic E-state index is 12.0. The molecule has 0 saturated carbocycles.